The SMILES string of the molecule is CCNC(=O)CNC(=O)c1cnn(-c2cccc(Cl)c2)c1. The highest BCUT2D eigenvalue weighted by Gasteiger charge is 2.10. The van der Waals surface area contributed by atoms with Crippen molar-refractivity contribution >= 4 is 23.4 Å². The van der Waals surface area contributed by atoms with Crippen molar-refractivity contribution in [3.8, 4) is 5.69 Å². The number of halogens is 1. The van der Waals surface area contributed by atoms with Gasteiger partial charge in [0.25, 0.3) is 5.91 Å². The van der Waals surface area contributed by atoms with Gasteiger partial charge in [-0.25, -0.2) is 4.68 Å². The number of likely N-dealkylation sites (N-methyl/N-ethyl adjacent to an activating group) is 1. The maximum absolute atomic E-state index is 11.9. The summed E-state index contributed by atoms with van der Waals surface area (Å²) in [6.07, 6.45) is 3.02. The number of carbonyl (C=O) groups excluding carboxylic acids is 2. The number of nitrogens with one attached hydrogen (secondary N) is 2. The zero-order valence-corrected chi connectivity index (χ0v) is 12.2. The Bertz CT molecular complexity index is 654. The summed E-state index contributed by atoms with van der Waals surface area (Å²) in [5, 5.41) is 9.83. The Morgan fingerprint density at radius 3 is 2.86 bits per heavy atom. The van der Waals surface area contributed by atoms with Crippen LogP contribution in [0.15, 0.2) is 36.7 Å². The molecule has 0 atom stereocenters. The topological polar surface area (TPSA) is 76.0 Å². The van der Waals surface area contributed by atoms with E-state index in [1.165, 1.54) is 6.20 Å². The average molecular weight is 307 g/mol. The van der Waals surface area contributed by atoms with Gasteiger partial charge in [0.05, 0.1) is 24.0 Å². The van der Waals surface area contributed by atoms with Gasteiger partial charge in [-0.2, -0.15) is 5.10 Å². The molecule has 2 rings (SSSR count). The van der Waals surface area contributed by atoms with Crippen molar-refractivity contribution in [1.29, 1.82) is 0 Å². The highest BCUT2D eigenvalue weighted by Crippen LogP contribution is 2.14. The third kappa shape index (κ3) is 4.06. The van der Waals surface area contributed by atoms with Crippen LogP contribution >= 0.6 is 11.6 Å². The third-order valence-corrected chi connectivity index (χ3v) is 2.94. The maximum Gasteiger partial charge on any atom is 0.254 e. The molecule has 0 aliphatic carbocycles. The van der Waals surface area contributed by atoms with Crippen LogP contribution in [0.25, 0.3) is 5.69 Å². The fraction of sp³-hybridized carbons (Fsp3) is 0.214. The average Bonchev–Trinajstić information content (AvgIpc) is 2.95. The van der Waals surface area contributed by atoms with Crippen LogP contribution in [0, 0.1) is 0 Å². The molecule has 0 unspecified atom stereocenters. The van der Waals surface area contributed by atoms with E-state index in [2.05, 4.69) is 15.7 Å². The highest BCUT2D eigenvalue weighted by molar-refractivity contribution is 6.30. The molecule has 0 bridgehead atoms. The van der Waals surface area contributed by atoms with Crippen molar-refractivity contribution < 1.29 is 9.59 Å². The molecular formula is C14H15ClN4O2. The third-order valence-electron chi connectivity index (χ3n) is 2.70. The smallest absolute Gasteiger partial charge is 0.254 e. The lowest BCUT2D eigenvalue weighted by Crippen LogP contribution is -2.36. The van der Waals surface area contributed by atoms with Crippen LogP contribution in [0.5, 0.6) is 0 Å². The predicted octanol–water partition coefficient (Wildman–Crippen LogP) is 1.39. The first-order valence-corrected chi connectivity index (χ1v) is 6.83. The summed E-state index contributed by atoms with van der Waals surface area (Å²) in [7, 11) is 0. The zero-order valence-electron chi connectivity index (χ0n) is 11.5. The van der Waals surface area contributed by atoms with Crippen molar-refractivity contribution in [3.05, 3.63) is 47.2 Å². The Balaban J connectivity index is 2.02. The Hall–Kier alpha value is -2.34. The first-order chi connectivity index (χ1) is 10.1. The summed E-state index contributed by atoms with van der Waals surface area (Å²) in [4.78, 5) is 23.2. The molecular weight excluding hydrogens is 292 g/mol. The van der Waals surface area contributed by atoms with Crippen LogP contribution in [-0.2, 0) is 4.79 Å². The molecule has 0 spiro atoms. The maximum atomic E-state index is 11.9. The van der Waals surface area contributed by atoms with Gasteiger partial charge >= 0.3 is 0 Å². The molecule has 6 nitrogen and oxygen atoms in total. The fourth-order valence-electron chi connectivity index (χ4n) is 1.72. The first-order valence-electron chi connectivity index (χ1n) is 6.45. The van der Waals surface area contributed by atoms with E-state index in [0.717, 1.165) is 5.69 Å². The standard InChI is InChI=1S/C14H15ClN4O2/c1-2-16-13(20)8-17-14(21)10-7-18-19(9-10)12-5-3-4-11(15)6-12/h3-7,9H,2,8H2,1H3,(H,16,20)(H,17,21). The largest absolute Gasteiger partial charge is 0.355 e. The van der Waals surface area contributed by atoms with Gasteiger partial charge in [-0.05, 0) is 25.1 Å². The molecule has 21 heavy (non-hydrogen) atoms. The number of hydrogen-bond acceptors (Lipinski definition) is 3. The van der Waals surface area contributed by atoms with Crippen LogP contribution in [0.2, 0.25) is 5.02 Å². The number of benzene rings is 1. The second-order valence-electron chi connectivity index (χ2n) is 4.29. The lowest BCUT2D eigenvalue weighted by Gasteiger charge is -2.03. The van der Waals surface area contributed by atoms with E-state index in [0.29, 0.717) is 17.1 Å². The number of hydrogen-bond donors (Lipinski definition) is 2. The number of aromatic nitrogens is 2. The molecule has 2 N–H and O–H groups in total. The molecule has 2 amide bonds. The quantitative estimate of drug-likeness (QED) is 0.876. The second-order valence-corrected chi connectivity index (χ2v) is 4.73. The summed E-state index contributed by atoms with van der Waals surface area (Å²) in [5.41, 5.74) is 1.13. The summed E-state index contributed by atoms with van der Waals surface area (Å²) in [6.45, 7) is 2.28. The molecule has 0 aliphatic heterocycles. The van der Waals surface area contributed by atoms with E-state index < -0.39 is 0 Å². The minimum Gasteiger partial charge on any atom is -0.355 e. The lowest BCUT2D eigenvalue weighted by atomic mass is 10.3. The summed E-state index contributed by atoms with van der Waals surface area (Å²) in [5.74, 6) is -0.581. The van der Waals surface area contributed by atoms with E-state index in [1.54, 1.807) is 29.1 Å². The number of amides is 2. The highest BCUT2D eigenvalue weighted by atomic mass is 35.5. The molecule has 1 heterocycles. The Morgan fingerprint density at radius 1 is 1.33 bits per heavy atom. The summed E-state index contributed by atoms with van der Waals surface area (Å²) >= 11 is 5.91. The van der Waals surface area contributed by atoms with E-state index in [9.17, 15) is 9.59 Å². The van der Waals surface area contributed by atoms with Crippen LogP contribution in [0.1, 0.15) is 17.3 Å². The van der Waals surface area contributed by atoms with Crippen molar-refractivity contribution in [2.45, 2.75) is 6.92 Å². The fourth-order valence-corrected chi connectivity index (χ4v) is 1.91. The van der Waals surface area contributed by atoms with Gasteiger partial charge < -0.3 is 10.6 Å². The molecule has 0 saturated carbocycles. The van der Waals surface area contributed by atoms with Crippen LogP contribution in [0.4, 0.5) is 0 Å². The van der Waals surface area contributed by atoms with Crippen molar-refractivity contribution in [1.82, 2.24) is 20.4 Å². The molecule has 0 radical (unpaired) electrons. The van der Waals surface area contributed by atoms with E-state index >= 15 is 0 Å². The van der Waals surface area contributed by atoms with E-state index in [4.69, 9.17) is 11.6 Å². The van der Waals surface area contributed by atoms with Gasteiger partial charge in [0.15, 0.2) is 0 Å². The Labute approximate surface area is 127 Å². The lowest BCUT2D eigenvalue weighted by molar-refractivity contribution is -0.120. The van der Waals surface area contributed by atoms with Crippen molar-refractivity contribution in [2.75, 3.05) is 13.1 Å². The van der Waals surface area contributed by atoms with Crippen LogP contribution in [-0.4, -0.2) is 34.7 Å². The van der Waals surface area contributed by atoms with Gasteiger partial charge in [-0.15, -0.1) is 0 Å². The Morgan fingerprint density at radius 2 is 2.14 bits per heavy atom. The zero-order chi connectivity index (χ0) is 15.2. The van der Waals surface area contributed by atoms with Crippen LogP contribution < -0.4 is 10.6 Å². The van der Waals surface area contributed by atoms with Crippen molar-refractivity contribution in [2.24, 2.45) is 0 Å². The van der Waals surface area contributed by atoms with Crippen LogP contribution in [0.3, 0.4) is 0 Å². The Kier molecular flexibility index (Phi) is 4.94. The predicted molar refractivity (Wildman–Crippen MR) is 79.6 cm³/mol. The number of nitrogens with zero attached hydrogens (tertiary/aromatic N) is 2. The van der Waals surface area contributed by atoms with Gasteiger partial charge in [0, 0.05) is 17.8 Å². The van der Waals surface area contributed by atoms with E-state index in [1.807, 2.05) is 13.0 Å². The normalized spacial score (nSPS) is 10.2. The molecule has 1 aromatic carbocycles. The first kappa shape index (κ1) is 15.1. The molecule has 0 aliphatic rings. The number of rotatable bonds is 5. The van der Waals surface area contributed by atoms with Gasteiger partial charge in [0.2, 0.25) is 5.91 Å². The van der Waals surface area contributed by atoms with Gasteiger partial charge in [0.1, 0.15) is 0 Å². The molecule has 2 aromatic rings. The minimum absolute atomic E-state index is 0.0605. The second kappa shape index (κ2) is 6.90. The summed E-state index contributed by atoms with van der Waals surface area (Å²) < 4.78 is 1.55. The van der Waals surface area contributed by atoms with E-state index in [-0.39, 0.29) is 18.4 Å². The van der Waals surface area contributed by atoms with Gasteiger partial charge in [-0.1, -0.05) is 17.7 Å². The molecule has 110 valence electrons. The number of carbonyl (C=O) groups is 2. The molecule has 1 aromatic heterocycles. The summed E-state index contributed by atoms with van der Waals surface area (Å²) in [6, 6.07) is 7.13. The molecule has 7 heteroatoms. The minimum atomic E-state index is -0.352. The molecule has 0 fully saturated rings. The molecule has 0 saturated heterocycles. The monoisotopic (exact) mass is 306 g/mol. The van der Waals surface area contributed by atoms with Gasteiger partial charge in [-0.3, -0.25) is 9.59 Å². The van der Waals surface area contributed by atoms with Crippen molar-refractivity contribution in [3.63, 3.8) is 0 Å².